The van der Waals surface area contributed by atoms with Gasteiger partial charge in [-0.1, -0.05) is 26.2 Å². The van der Waals surface area contributed by atoms with Crippen LogP contribution in [0.1, 0.15) is 70.0 Å². The van der Waals surface area contributed by atoms with Gasteiger partial charge in [0.05, 0.1) is 5.69 Å². The van der Waals surface area contributed by atoms with Gasteiger partial charge in [0.2, 0.25) is 5.95 Å². The third-order valence-electron chi connectivity index (χ3n) is 4.77. The van der Waals surface area contributed by atoms with Gasteiger partial charge in [-0.2, -0.15) is 0 Å². The fourth-order valence-electron chi connectivity index (χ4n) is 3.51. The van der Waals surface area contributed by atoms with E-state index >= 15 is 0 Å². The number of nitrogens with one attached hydrogen (secondary N) is 1. The molecule has 0 spiro atoms. The highest BCUT2D eigenvalue weighted by Gasteiger charge is 2.28. The Labute approximate surface area is 116 Å². The van der Waals surface area contributed by atoms with Crippen LogP contribution in [0.5, 0.6) is 0 Å². The van der Waals surface area contributed by atoms with Crippen molar-refractivity contribution in [3.8, 4) is 0 Å². The standard InChI is InChI=1S/C16H27N3/c1-3-15(13-7-5-4-6-8-13)18-16-17-12(2)11-19(16)14-9-10-14/h11,13-15H,3-10H2,1-2H3,(H,17,18). The molecule has 0 aliphatic heterocycles. The first kappa shape index (κ1) is 13.0. The van der Waals surface area contributed by atoms with Gasteiger partial charge in [-0.25, -0.2) is 4.98 Å². The lowest BCUT2D eigenvalue weighted by atomic mass is 9.83. The van der Waals surface area contributed by atoms with Crippen LogP contribution in [0.4, 0.5) is 5.95 Å². The Hall–Kier alpha value is -0.990. The third kappa shape index (κ3) is 2.96. The summed E-state index contributed by atoms with van der Waals surface area (Å²) >= 11 is 0. The molecule has 0 saturated heterocycles. The van der Waals surface area contributed by atoms with Crippen LogP contribution in [-0.4, -0.2) is 15.6 Å². The highest BCUT2D eigenvalue weighted by Crippen LogP contribution is 2.38. The Bertz CT molecular complexity index is 414. The van der Waals surface area contributed by atoms with Crippen LogP contribution in [0.25, 0.3) is 0 Å². The predicted octanol–water partition coefficient (Wildman–Crippen LogP) is 4.30. The lowest BCUT2D eigenvalue weighted by Crippen LogP contribution is -2.31. The Morgan fingerprint density at radius 3 is 2.63 bits per heavy atom. The van der Waals surface area contributed by atoms with Crippen LogP contribution in [0, 0.1) is 12.8 Å². The Morgan fingerprint density at radius 2 is 2.00 bits per heavy atom. The molecule has 1 N–H and O–H groups in total. The van der Waals surface area contributed by atoms with Gasteiger partial charge in [0.1, 0.15) is 0 Å². The van der Waals surface area contributed by atoms with Gasteiger partial charge in [-0.15, -0.1) is 0 Å². The maximum absolute atomic E-state index is 4.71. The molecule has 1 unspecified atom stereocenters. The molecule has 2 saturated carbocycles. The normalized spacial score (nSPS) is 22.4. The molecule has 3 rings (SSSR count). The summed E-state index contributed by atoms with van der Waals surface area (Å²) in [5, 5.41) is 3.76. The second-order valence-electron chi connectivity index (χ2n) is 6.40. The zero-order chi connectivity index (χ0) is 13.2. The zero-order valence-corrected chi connectivity index (χ0v) is 12.4. The molecular weight excluding hydrogens is 234 g/mol. The van der Waals surface area contributed by atoms with Crippen molar-refractivity contribution in [1.82, 2.24) is 9.55 Å². The monoisotopic (exact) mass is 261 g/mol. The number of anilines is 1. The number of hydrogen-bond acceptors (Lipinski definition) is 2. The highest BCUT2D eigenvalue weighted by atomic mass is 15.2. The fraction of sp³-hybridized carbons (Fsp3) is 0.812. The molecule has 3 nitrogen and oxygen atoms in total. The molecule has 0 aromatic carbocycles. The van der Waals surface area contributed by atoms with Crippen LogP contribution in [0.15, 0.2) is 6.20 Å². The van der Waals surface area contributed by atoms with Crippen molar-refractivity contribution in [2.24, 2.45) is 5.92 Å². The molecule has 1 heterocycles. The van der Waals surface area contributed by atoms with Crippen molar-refractivity contribution < 1.29 is 0 Å². The Balaban J connectivity index is 1.71. The SMILES string of the molecule is CCC(Nc1nc(C)cn1C1CC1)C1CCCCC1. The quantitative estimate of drug-likeness (QED) is 0.856. The van der Waals surface area contributed by atoms with Crippen LogP contribution >= 0.6 is 0 Å². The van der Waals surface area contributed by atoms with Gasteiger partial charge >= 0.3 is 0 Å². The van der Waals surface area contributed by atoms with E-state index in [1.807, 2.05) is 0 Å². The first-order chi connectivity index (χ1) is 9.28. The number of aryl methyl sites for hydroxylation is 1. The second-order valence-corrected chi connectivity index (χ2v) is 6.40. The largest absolute Gasteiger partial charge is 0.353 e. The first-order valence-corrected chi connectivity index (χ1v) is 8.10. The van der Waals surface area contributed by atoms with Gasteiger partial charge in [0.15, 0.2) is 0 Å². The summed E-state index contributed by atoms with van der Waals surface area (Å²) in [6, 6.07) is 1.33. The van der Waals surface area contributed by atoms with E-state index in [0.717, 1.165) is 17.6 Å². The Morgan fingerprint density at radius 1 is 1.26 bits per heavy atom. The topological polar surface area (TPSA) is 29.9 Å². The zero-order valence-electron chi connectivity index (χ0n) is 12.4. The maximum Gasteiger partial charge on any atom is 0.203 e. The molecule has 19 heavy (non-hydrogen) atoms. The van der Waals surface area contributed by atoms with Crippen LogP contribution < -0.4 is 5.32 Å². The lowest BCUT2D eigenvalue weighted by Gasteiger charge is -2.30. The van der Waals surface area contributed by atoms with Crippen molar-refractivity contribution in [2.45, 2.75) is 77.3 Å². The molecule has 3 heteroatoms. The van der Waals surface area contributed by atoms with Crippen molar-refractivity contribution in [2.75, 3.05) is 5.32 Å². The third-order valence-corrected chi connectivity index (χ3v) is 4.77. The minimum Gasteiger partial charge on any atom is -0.353 e. The molecule has 0 amide bonds. The fourth-order valence-corrected chi connectivity index (χ4v) is 3.51. The van der Waals surface area contributed by atoms with E-state index in [1.165, 1.54) is 51.4 Å². The second kappa shape index (κ2) is 5.56. The summed E-state index contributed by atoms with van der Waals surface area (Å²) in [6.07, 6.45) is 13.1. The van der Waals surface area contributed by atoms with E-state index in [4.69, 9.17) is 4.98 Å². The van der Waals surface area contributed by atoms with E-state index in [2.05, 4.69) is 29.9 Å². The molecule has 0 bridgehead atoms. The molecule has 2 aliphatic carbocycles. The molecule has 1 aromatic heterocycles. The summed E-state index contributed by atoms with van der Waals surface area (Å²) in [4.78, 5) is 4.71. The van der Waals surface area contributed by atoms with Crippen LogP contribution in [0.3, 0.4) is 0 Å². The lowest BCUT2D eigenvalue weighted by molar-refractivity contribution is 0.311. The number of hydrogen-bond donors (Lipinski definition) is 1. The minimum absolute atomic E-state index is 0.611. The summed E-state index contributed by atoms with van der Waals surface area (Å²) < 4.78 is 2.38. The van der Waals surface area contributed by atoms with E-state index in [1.54, 1.807) is 0 Å². The van der Waals surface area contributed by atoms with Gasteiger partial charge in [-0.05, 0) is 44.9 Å². The Kier molecular flexibility index (Phi) is 3.81. The summed E-state index contributed by atoms with van der Waals surface area (Å²) in [6.45, 7) is 4.41. The molecule has 0 radical (unpaired) electrons. The number of imidazole rings is 1. The van der Waals surface area contributed by atoms with Gasteiger partial charge < -0.3 is 9.88 Å². The van der Waals surface area contributed by atoms with Crippen LogP contribution in [-0.2, 0) is 0 Å². The predicted molar refractivity (Wildman–Crippen MR) is 79.5 cm³/mol. The molecule has 2 fully saturated rings. The van der Waals surface area contributed by atoms with Crippen molar-refractivity contribution in [3.63, 3.8) is 0 Å². The van der Waals surface area contributed by atoms with E-state index in [9.17, 15) is 0 Å². The van der Waals surface area contributed by atoms with Crippen LogP contribution in [0.2, 0.25) is 0 Å². The molecule has 1 atom stereocenters. The van der Waals surface area contributed by atoms with Crippen molar-refractivity contribution in [1.29, 1.82) is 0 Å². The van der Waals surface area contributed by atoms with E-state index in [0.29, 0.717) is 12.1 Å². The van der Waals surface area contributed by atoms with Gasteiger partial charge in [0.25, 0.3) is 0 Å². The van der Waals surface area contributed by atoms with Crippen molar-refractivity contribution in [3.05, 3.63) is 11.9 Å². The maximum atomic E-state index is 4.71. The first-order valence-electron chi connectivity index (χ1n) is 8.10. The van der Waals surface area contributed by atoms with Crippen molar-refractivity contribution >= 4 is 5.95 Å². The highest BCUT2D eigenvalue weighted by molar-refractivity contribution is 5.32. The molecule has 2 aliphatic rings. The van der Waals surface area contributed by atoms with E-state index in [-0.39, 0.29) is 0 Å². The average molecular weight is 261 g/mol. The van der Waals surface area contributed by atoms with Gasteiger partial charge in [-0.3, -0.25) is 0 Å². The van der Waals surface area contributed by atoms with Gasteiger partial charge in [0, 0.05) is 18.3 Å². The number of nitrogens with zero attached hydrogens (tertiary/aromatic N) is 2. The summed E-state index contributed by atoms with van der Waals surface area (Å²) in [5.74, 6) is 1.97. The van der Waals surface area contributed by atoms with E-state index < -0.39 is 0 Å². The minimum atomic E-state index is 0.611. The number of aromatic nitrogens is 2. The average Bonchev–Trinajstić information content (AvgIpc) is 3.21. The molecule has 1 aromatic rings. The molecule has 106 valence electrons. The molecular formula is C16H27N3. The number of rotatable bonds is 5. The summed E-state index contributed by atoms with van der Waals surface area (Å²) in [5.41, 5.74) is 1.15. The summed E-state index contributed by atoms with van der Waals surface area (Å²) in [7, 11) is 0. The smallest absolute Gasteiger partial charge is 0.203 e.